The third kappa shape index (κ3) is 6.28. The molecule has 0 unspecified atom stereocenters. The molecular formula is C24H31N3O2S. The summed E-state index contributed by atoms with van der Waals surface area (Å²) in [6.45, 7) is 7.14. The number of imidazole rings is 1. The van der Waals surface area contributed by atoms with Crippen molar-refractivity contribution in [2.75, 3.05) is 12.8 Å². The number of nitrogens with zero attached hydrogens (tertiary/aromatic N) is 3. The molecule has 0 fully saturated rings. The van der Waals surface area contributed by atoms with Gasteiger partial charge < -0.3 is 4.57 Å². The monoisotopic (exact) mass is 425 g/mol. The Balaban J connectivity index is 1.85. The van der Waals surface area contributed by atoms with Gasteiger partial charge in [0, 0.05) is 32.4 Å². The maximum atomic E-state index is 12.2. The van der Waals surface area contributed by atoms with E-state index in [0.29, 0.717) is 19.0 Å². The van der Waals surface area contributed by atoms with Crippen molar-refractivity contribution < 1.29 is 8.42 Å². The first kappa shape index (κ1) is 22.2. The molecule has 0 atom stereocenters. The van der Waals surface area contributed by atoms with Crippen LogP contribution >= 0.6 is 0 Å². The van der Waals surface area contributed by atoms with Crippen LogP contribution < -0.4 is 0 Å². The van der Waals surface area contributed by atoms with E-state index < -0.39 is 9.84 Å². The summed E-state index contributed by atoms with van der Waals surface area (Å²) in [6.07, 6.45) is 3.89. The maximum Gasteiger partial charge on any atom is 0.227 e. The quantitative estimate of drug-likeness (QED) is 0.489. The van der Waals surface area contributed by atoms with Crippen LogP contribution in [0, 0.1) is 5.92 Å². The standard InChI is InChI=1S/C24H31N3O2S/c1-20(2)17-27-23(16-25-24(27)30(3,28)29)19-26(18-22-12-8-5-9-13-22)15-14-21-10-6-4-7-11-21/h4-13,16,20H,14-15,17-19H2,1-3H3. The highest BCUT2D eigenvalue weighted by atomic mass is 32.2. The molecular weight excluding hydrogens is 394 g/mol. The van der Waals surface area contributed by atoms with Crippen LogP contribution in [0.15, 0.2) is 72.0 Å². The Kier molecular flexibility index (Phi) is 7.45. The van der Waals surface area contributed by atoms with Gasteiger partial charge in [-0.15, -0.1) is 0 Å². The molecule has 0 aliphatic heterocycles. The second kappa shape index (κ2) is 10.0. The summed E-state index contributed by atoms with van der Waals surface area (Å²) in [6, 6.07) is 20.8. The minimum atomic E-state index is -3.37. The largest absolute Gasteiger partial charge is 0.317 e. The fourth-order valence-electron chi connectivity index (χ4n) is 3.59. The fraction of sp³-hybridized carbons (Fsp3) is 0.375. The molecule has 0 saturated carbocycles. The van der Waals surface area contributed by atoms with Crippen molar-refractivity contribution in [3.63, 3.8) is 0 Å². The van der Waals surface area contributed by atoms with E-state index in [1.165, 1.54) is 17.4 Å². The minimum Gasteiger partial charge on any atom is -0.317 e. The highest BCUT2D eigenvalue weighted by Gasteiger charge is 2.21. The van der Waals surface area contributed by atoms with Crippen molar-refractivity contribution in [1.82, 2.24) is 14.5 Å². The van der Waals surface area contributed by atoms with Gasteiger partial charge in [0.2, 0.25) is 15.0 Å². The predicted octanol–water partition coefficient (Wildman–Crippen LogP) is 4.19. The lowest BCUT2D eigenvalue weighted by Crippen LogP contribution is -2.27. The smallest absolute Gasteiger partial charge is 0.227 e. The van der Waals surface area contributed by atoms with Crippen molar-refractivity contribution in [3.05, 3.63) is 83.7 Å². The topological polar surface area (TPSA) is 55.2 Å². The molecule has 30 heavy (non-hydrogen) atoms. The molecule has 1 aromatic heterocycles. The number of rotatable bonds is 10. The Morgan fingerprint density at radius 2 is 1.53 bits per heavy atom. The van der Waals surface area contributed by atoms with Gasteiger partial charge in [-0.1, -0.05) is 74.5 Å². The van der Waals surface area contributed by atoms with Crippen molar-refractivity contribution >= 4 is 9.84 Å². The van der Waals surface area contributed by atoms with Gasteiger partial charge in [-0.05, 0) is 23.5 Å². The zero-order valence-corrected chi connectivity index (χ0v) is 18.8. The molecule has 0 radical (unpaired) electrons. The Morgan fingerprint density at radius 3 is 2.10 bits per heavy atom. The van der Waals surface area contributed by atoms with Crippen LogP contribution in [0.1, 0.15) is 30.7 Å². The van der Waals surface area contributed by atoms with Crippen molar-refractivity contribution in [2.45, 2.75) is 45.1 Å². The van der Waals surface area contributed by atoms with Crippen LogP contribution in [0.4, 0.5) is 0 Å². The molecule has 0 saturated heterocycles. The highest BCUT2D eigenvalue weighted by molar-refractivity contribution is 7.90. The number of hydrogen-bond acceptors (Lipinski definition) is 4. The molecule has 6 heteroatoms. The van der Waals surface area contributed by atoms with E-state index in [-0.39, 0.29) is 5.16 Å². The summed E-state index contributed by atoms with van der Waals surface area (Å²) in [5.41, 5.74) is 3.47. The fourth-order valence-corrected chi connectivity index (χ4v) is 4.43. The summed E-state index contributed by atoms with van der Waals surface area (Å²) < 4.78 is 26.4. The van der Waals surface area contributed by atoms with Crippen molar-refractivity contribution in [2.24, 2.45) is 5.92 Å². The summed E-state index contributed by atoms with van der Waals surface area (Å²) in [5, 5.41) is 0.161. The van der Waals surface area contributed by atoms with E-state index >= 15 is 0 Å². The molecule has 3 aromatic rings. The lowest BCUT2D eigenvalue weighted by Gasteiger charge is -2.24. The van der Waals surface area contributed by atoms with Gasteiger partial charge in [-0.25, -0.2) is 13.4 Å². The first-order valence-electron chi connectivity index (χ1n) is 10.4. The molecule has 0 bridgehead atoms. The number of benzene rings is 2. The maximum absolute atomic E-state index is 12.2. The van der Waals surface area contributed by atoms with Crippen LogP contribution in [0.25, 0.3) is 0 Å². The average molecular weight is 426 g/mol. The van der Waals surface area contributed by atoms with E-state index in [9.17, 15) is 8.42 Å². The molecule has 5 nitrogen and oxygen atoms in total. The summed E-state index contributed by atoms with van der Waals surface area (Å²) in [4.78, 5) is 6.63. The molecule has 0 spiro atoms. The van der Waals surface area contributed by atoms with Crippen LogP contribution in [0.5, 0.6) is 0 Å². The van der Waals surface area contributed by atoms with Gasteiger partial charge in [0.1, 0.15) is 0 Å². The van der Waals surface area contributed by atoms with E-state index in [1.54, 1.807) is 6.20 Å². The SMILES string of the molecule is CC(C)Cn1c(CN(CCc2ccccc2)Cc2ccccc2)cnc1S(C)(=O)=O. The molecule has 0 aliphatic rings. The number of aromatic nitrogens is 2. The summed E-state index contributed by atoms with van der Waals surface area (Å²) in [7, 11) is -3.37. The van der Waals surface area contributed by atoms with Gasteiger partial charge in [0.05, 0.1) is 11.9 Å². The van der Waals surface area contributed by atoms with Gasteiger partial charge in [0.15, 0.2) is 0 Å². The molecule has 0 amide bonds. The Labute approximate surface area is 180 Å². The van der Waals surface area contributed by atoms with E-state index in [4.69, 9.17) is 0 Å². The van der Waals surface area contributed by atoms with Crippen LogP contribution in [-0.2, 0) is 35.9 Å². The van der Waals surface area contributed by atoms with Gasteiger partial charge in [0.25, 0.3) is 0 Å². The third-order valence-corrected chi connectivity index (χ3v) is 5.96. The zero-order chi connectivity index (χ0) is 21.6. The first-order chi connectivity index (χ1) is 14.3. The third-order valence-electron chi connectivity index (χ3n) is 4.98. The van der Waals surface area contributed by atoms with E-state index in [1.807, 2.05) is 16.7 Å². The second-order valence-electron chi connectivity index (χ2n) is 8.24. The molecule has 0 aliphatic carbocycles. The van der Waals surface area contributed by atoms with Crippen LogP contribution in [-0.4, -0.2) is 35.7 Å². The number of sulfone groups is 1. The zero-order valence-electron chi connectivity index (χ0n) is 18.0. The van der Waals surface area contributed by atoms with Crippen LogP contribution in [0.3, 0.4) is 0 Å². The number of hydrogen-bond donors (Lipinski definition) is 0. The van der Waals surface area contributed by atoms with Crippen molar-refractivity contribution in [1.29, 1.82) is 0 Å². The molecule has 1 heterocycles. The summed E-state index contributed by atoms with van der Waals surface area (Å²) in [5.74, 6) is 0.324. The molecule has 2 aromatic carbocycles. The predicted molar refractivity (Wildman–Crippen MR) is 121 cm³/mol. The van der Waals surface area contributed by atoms with E-state index in [0.717, 1.165) is 25.2 Å². The molecule has 3 rings (SSSR count). The molecule has 0 N–H and O–H groups in total. The highest BCUT2D eigenvalue weighted by Crippen LogP contribution is 2.18. The summed E-state index contributed by atoms with van der Waals surface area (Å²) >= 11 is 0. The minimum absolute atomic E-state index is 0.161. The van der Waals surface area contributed by atoms with Crippen molar-refractivity contribution in [3.8, 4) is 0 Å². The lowest BCUT2D eigenvalue weighted by molar-refractivity contribution is 0.250. The Hall–Kier alpha value is -2.44. The van der Waals surface area contributed by atoms with E-state index in [2.05, 4.69) is 72.3 Å². The van der Waals surface area contributed by atoms with Crippen LogP contribution in [0.2, 0.25) is 0 Å². The van der Waals surface area contributed by atoms with Gasteiger partial charge in [-0.3, -0.25) is 4.90 Å². The molecule has 160 valence electrons. The lowest BCUT2D eigenvalue weighted by atomic mass is 10.1. The Bertz CT molecular complexity index is 1030. The Morgan fingerprint density at radius 1 is 0.933 bits per heavy atom. The van der Waals surface area contributed by atoms with Gasteiger partial charge in [-0.2, -0.15) is 0 Å². The second-order valence-corrected chi connectivity index (χ2v) is 10.2. The van der Waals surface area contributed by atoms with Gasteiger partial charge >= 0.3 is 0 Å². The normalized spacial score (nSPS) is 12.0. The first-order valence-corrected chi connectivity index (χ1v) is 12.3. The average Bonchev–Trinajstić information content (AvgIpc) is 3.09.